The lowest BCUT2D eigenvalue weighted by Crippen LogP contribution is -2.04. The molecule has 0 bridgehead atoms. The zero-order valence-electron chi connectivity index (χ0n) is 11.5. The van der Waals surface area contributed by atoms with Crippen LogP contribution in [0.25, 0.3) is 0 Å². The summed E-state index contributed by atoms with van der Waals surface area (Å²) in [6.45, 7) is 2.51. The number of carboxylic acids is 1. The molecular weight excluding hydrogens is 275 g/mol. The Balaban J connectivity index is 2.13. The normalized spacial score (nSPS) is 10.2. The van der Waals surface area contributed by atoms with Gasteiger partial charge in [-0.15, -0.1) is 0 Å². The Morgan fingerprint density at radius 1 is 1.14 bits per heavy atom. The third kappa shape index (κ3) is 3.72. The molecule has 0 atom stereocenters. The van der Waals surface area contributed by atoms with E-state index in [1.807, 2.05) is 19.1 Å². The van der Waals surface area contributed by atoms with E-state index in [2.05, 4.69) is 0 Å². The second-order valence-electron chi connectivity index (χ2n) is 4.29. The number of hydrogen-bond acceptors (Lipinski definition) is 3. The SMILES string of the molecule is CCOc1ccccc1OCc1ccc(F)c(C(=O)O)c1. The van der Waals surface area contributed by atoms with Crippen molar-refractivity contribution in [3.05, 3.63) is 59.4 Å². The number of carboxylic acid groups (broad SMARTS) is 1. The van der Waals surface area contributed by atoms with Gasteiger partial charge in [-0.3, -0.25) is 0 Å². The van der Waals surface area contributed by atoms with Gasteiger partial charge in [0.1, 0.15) is 12.4 Å². The van der Waals surface area contributed by atoms with Gasteiger partial charge in [0.05, 0.1) is 12.2 Å². The molecule has 0 heterocycles. The monoisotopic (exact) mass is 290 g/mol. The van der Waals surface area contributed by atoms with Crippen molar-refractivity contribution in [2.24, 2.45) is 0 Å². The van der Waals surface area contributed by atoms with Crippen LogP contribution >= 0.6 is 0 Å². The number of ether oxygens (including phenoxy) is 2. The molecule has 2 aromatic carbocycles. The molecule has 0 radical (unpaired) electrons. The summed E-state index contributed by atoms with van der Waals surface area (Å²) in [4.78, 5) is 10.9. The van der Waals surface area contributed by atoms with E-state index in [4.69, 9.17) is 14.6 Å². The molecular formula is C16H15FO4. The van der Waals surface area contributed by atoms with E-state index in [0.717, 1.165) is 6.07 Å². The standard InChI is InChI=1S/C16H15FO4/c1-2-20-14-5-3-4-6-15(14)21-10-11-7-8-13(17)12(9-11)16(18)19/h3-9H,2,10H2,1H3,(H,18,19). The highest BCUT2D eigenvalue weighted by atomic mass is 19.1. The van der Waals surface area contributed by atoms with Crippen LogP contribution in [0.5, 0.6) is 11.5 Å². The van der Waals surface area contributed by atoms with Gasteiger partial charge < -0.3 is 14.6 Å². The van der Waals surface area contributed by atoms with Gasteiger partial charge >= 0.3 is 5.97 Å². The molecule has 0 aliphatic heterocycles. The van der Waals surface area contributed by atoms with E-state index >= 15 is 0 Å². The fourth-order valence-electron chi connectivity index (χ4n) is 1.83. The summed E-state index contributed by atoms with van der Waals surface area (Å²) in [6, 6.07) is 11.1. The minimum Gasteiger partial charge on any atom is -0.490 e. The number of benzene rings is 2. The van der Waals surface area contributed by atoms with Gasteiger partial charge in [0.25, 0.3) is 0 Å². The molecule has 0 saturated heterocycles. The number of aromatic carboxylic acids is 1. The van der Waals surface area contributed by atoms with Crippen molar-refractivity contribution in [3.63, 3.8) is 0 Å². The van der Waals surface area contributed by atoms with E-state index in [9.17, 15) is 9.18 Å². The zero-order chi connectivity index (χ0) is 15.2. The first kappa shape index (κ1) is 14.8. The van der Waals surface area contributed by atoms with E-state index in [0.29, 0.717) is 23.7 Å². The quantitative estimate of drug-likeness (QED) is 0.884. The highest BCUT2D eigenvalue weighted by Crippen LogP contribution is 2.27. The second-order valence-corrected chi connectivity index (χ2v) is 4.29. The van der Waals surface area contributed by atoms with Gasteiger partial charge in [-0.2, -0.15) is 0 Å². The molecule has 1 N–H and O–H groups in total. The molecule has 0 aliphatic carbocycles. The van der Waals surface area contributed by atoms with Crippen LogP contribution in [0.3, 0.4) is 0 Å². The maximum Gasteiger partial charge on any atom is 0.338 e. The number of para-hydroxylation sites is 2. The van der Waals surface area contributed by atoms with Crippen molar-refractivity contribution in [1.29, 1.82) is 0 Å². The molecule has 0 aromatic heterocycles. The van der Waals surface area contributed by atoms with Crippen LogP contribution in [-0.2, 0) is 6.61 Å². The molecule has 21 heavy (non-hydrogen) atoms. The van der Waals surface area contributed by atoms with Gasteiger partial charge in [-0.25, -0.2) is 9.18 Å². The van der Waals surface area contributed by atoms with Crippen molar-refractivity contribution in [2.45, 2.75) is 13.5 Å². The van der Waals surface area contributed by atoms with Crippen LogP contribution in [-0.4, -0.2) is 17.7 Å². The summed E-state index contributed by atoms with van der Waals surface area (Å²) in [5.74, 6) is -0.897. The van der Waals surface area contributed by atoms with E-state index in [1.54, 1.807) is 12.1 Å². The lowest BCUT2D eigenvalue weighted by molar-refractivity contribution is 0.0691. The van der Waals surface area contributed by atoms with Gasteiger partial charge in [-0.05, 0) is 36.8 Å². The van der Waals surface area contributed by atoms with E-state index in [-0.39, 0.29) is 12.2 Å². The molecule has 0 spiro atoms. The number of rotatable bonds is 6. The Hall–Kier alpha value is -2.56. The minimum atomic E-state index is -1.30. The molecule has 2 rings (SSSR count). The fourth-order valence-corrected chi connectivity index (χ4v) is 1.83. The van der Waals surface area contributed by atoms with Crippen molar-refractivity contribution in [2.75, 3.05) is 6.61 Å². The Bertz CT molecular complexity index is 640. The van der Waals surface area contributed by atoms with Crippen LogP contribution in [0.2, 0.25) is 0 Å². The molecule has 110 valence electrons. The average Bonchev–Trinajstić information content (AvgIpc) is 2.47. The predicted molar refractivity (Wildman–Crippen MR) is 75.3 cm³/mol. The third-order valence-corrected chi connectivity index (χ3v) is 2.80. The lowest BCUT2D eigenvalue weighted by Gasteiger charge is -2.12. The largest absolute Gasteiger partial charge is 0.490 e. The number of carbonyl (C=O) groups is 1. The predicted octanol–water partition coefficient (Wildman–Crippen LogP) is 3.50. The van der Waals surface area contributed by atoms with Crippen molar-refractivity contribution >= 4 is 5.97 Å². The average molecular weight is 290 g/mol. The van der Waals surface area contributed by atoms with Crippen LogP contribution in [0.4, 0.5) is 4.39 Å². The zero-order valence-corrected chi connectivity index (χ0v) is 11.5. The van der Waals surface area contributed by atoms with Crippen molar-refractivity contribution in [3.8, 4) is 11.5 Å². The fraction of sp³-hybridized carbons (Fsp3) is 0.188. The first-order valence-electron chi connectivity index (χ1n) is 6.48. The Morgan fingerprint density at radius 3 is 2.43 bits per heavy atom. The topological polar surface area (TPSA) is 55.8 Å². The first-order valence-corrected chi connectivity index (χ1v) is 6.48. The highest BCUT2D eigenvalue weighted by molar-refractivity contribution is 5.88. The van der Waals surface area contributed by atoms with E-state index in [1.165, 1.54) is 12.1 Å². The lowest BCUT2D eigenvalue weighted by atomic mass is 10.1. The van der Waals surface area contributed by atoms with Crippen LogP contribution in [0.15, 0.2) is 42.5 Å². The summed E-state index contributed by atoms with van der Waals surface area (Å²) in [6.07, 6.45) is 0. The summed E-state index contributed by atoms with van der Waals surface area (Å²) < 4.78 is 24.3. The molecule has 4 nitrogen and oxygen atoms in total. The molecule has 0 aliphatic rings. The van der Waals surface area contributed by atoms with Gasteiger partial charge in [0, 0.05) is 0 Å². The second kappa shape index (κ2) is 6.74. The summed E-state index contributed by atoms with van der Waals surface area (Å²) in [5, 5.41) is 8.89. The van der Waals surface area contributed by atoms with Gasteiger partial charge in [0.15, 0.2) is 11.5 Å². The smallest absolute Gasteiger partial charge is 0.338 e. The van der Waals surface area contributed by atoms with Crippen molar-refractivity contribution < 1.29 is 23.8 Å². The molecule has 5 heteroatoms. The summed E-state index contributed by atoms with van der Waals surface area (Å²) >= 11 is 0. The Morgan fingerprint density at radius 2 is 1.81 bits per heavy atom. The maximum absolute atomic E-state index is 13.3. The maximum atomic E-state index is 13.3. The third-order valence-electron chi connectivity index (χ3n) is 2.80. The summed E-state index contributed by atoms with van der Waals surface area (Å²) in [5.41, 5.74) is 0.203. The highest BCUT2D eigenvalue weighted by Gasteiger charge is 2.11. The Kier molecular flexibility index (Phi) is 4.77. The molecule has 0 unspecified atom stereocenters. The van der Waals surface area contributed by atoms with Gasteiger partial charge in [-0.1, -0.05) is 18.2 Å². The van der Waals surface area contributed by atoms with E-state index < -0.39 is 11.8 Å². The number of halogens is 1. The Labute approximate surface area is 121 Å². The summed E-state index contributed by atoms with van der Waals surface area (Å²) in [7, 11) is 0. The van der Waals surface area contributed by atoms with Crippen LogP contribution < -0.4 is 9.47 Å². The molecule has 2 aromatic rings. The van der Waals surface area contributed by atoms with Crippen LogP contribution in [0, 0.1) is 5.82 Å². The molecule has 0 fully saturated rings. The molecule has 0 saturated carbocycles. The van der Waals surface area contributed by atoms with Crippen LogP contribution in [0.1, 0.15) is 22.8 Å². The number of hydrogen-bond donors (Lipinski definition) is 1. The molecule has 0 amide bonds. The van der Waals surface area contributed by atoms with Gasteiger partial charge in [0.2, 0.25) is 0 Å². The minimum absolute atomic E-state index is 0.130. The van der Waals surface area contributed by atoms with Crippen molar-refractivity contribution in [1.82, 2.24) is 0 Å². The first-order chi connectivity index (χ1) is 10.1.